The Morgan fingerprint density at radius 3 is 2.56 bits per heavy atom. The maximum absolute atomic E-state index is 11.9. The van der Waals surface area contributed by atoms with Crippen LogP contribution in [0.25, 0.3) is 0 Å². The van der Waals surface area contributed by atoms with Crippen LogP contribution in [0.4, 0.5) is 0 Å². The van der Waals surface area contributed by atoms with E-state index in [9.17, 15) is 9.59 Å². The molecule has 1 heterocycles. The number of ketones is 1. The summed E-state index contributed by atoms with van der Waals surface area (Å²) in [6.45, 7) is 3.06. The fourth-order valence-electron chi connectivity index (χ4n) is 3.19. The first kappa shape index (κ1) is 13.5. The first-order chi connectivity index (χ1) is 8.65. The molecule has 1 saturated carbocycles. The van der Waals surface area contributed by atoms with Gasteiger partial charge in [-0.15, -0.1) is 0 Å². The smallest absolute Gasteiger partial charge is 0.234 e. The Kier molecular flexibility index (Phi) is 4.75. The molecule has 2 rings (SSSR count). The molecular formula is C14H24N2O2. The molecule has 0 aromatic rings. The largest absolute Gasteiger partial charge is 0.352 e. The Labute approximate surface area is 109 Å². The first-order valence-electron chi connectivity index (χ1n) is 7.18. The fourth-order valence-corrected chi connectivity index (χ4v) is 3.19. The van der Waals surface area contributed by atoms with Gasteiger partial charge < -0.3 is 5.32 Å². The van der Waals surface area contributed by atoms with Gasteiger partial charge in [0.25, 0.3) is 0 Å². The lowest BCUT2D eigenvalue weighted by Gasteiger charge is -2.23. The van der Waals surface area contributed by atoms with E-state index in [0.717, 1.165) is 32.2 Å². The van der Waals surface area contributed by atoms with Crippen LogP contribution < -0.4 is 5.32 Å². The van der Waals surface area contributed by atoms with E-state index in [-0.39, 0.29) is 17.7 Å². The number of Topliss-reactive ketones (excluding diaryl/α,β-unsaturated/α-hetero) is 1. The normalized spacial score (nSPS) is 25.5. The fraction of sp³-hybridized carbons (Fsp3) is 0.857. The lowest BCUT2D eigenvalue weighted by Crippen LogP contribution is -2.43. The number of carbonyl (C=O) groups excluding carboxylic acids is 2. The summed E-state index contributed by atoms with van der Waals surface area (Å²) >= 11 is 0. The highest BCUT2D eigenvalue weighted by Gasteiger charge is 2.27. The molecule has 4 nitrogen and oxygen atoms in total. The van der Waals surface area contributed by atoms with Crippen molar-refractivity contribution in [3.8, 4) is 0 Å². The third kappa shape index (κ3) is 3.80. The average Bonchev–Trinajstić information content (AvgIpc) is 2.91. The van der Waals surface area contributed by atoms with E-state index in [1.165, 1.54) is 12.8 Å². The molecule has 2 fully saturated rings. The van der Waals surface area contributed by atoms with Crippen molar-refractivity contribution in [2.45, 2.75) is 64.0 Å². The van der Waals surface area contributed by atoms with Crippen LogP contribution in [-0.4, -0.2) is 41.8 Å². The Bertz CT molecular complexity index is 311. The zero-order valence-electron chi connectivity index (χ0n) is 11.3. The van der Waals surface area contributed by atoms with Crippen LogP contribution in [0.15, 0.2) is 0 Å². The summed E-state index contributed by atoms with van der Waals surface area (Å²) in [5.74, 6) is 0.362. The van der Waals surface area contributed by atoms with Gasteiger partial charge in [-0.2, -0.15) is 0 Å². The molecule has 0 aromatic heterocycles. The summed E-state index contributed by atoms with van der Waals surface area (Å²) in [6.07, 6.45) is 7.48. The molecule has 0 radical (unpaired) electrons. The number of likely N-dealkylation sites (tertiary alicyclic amines) is 1. The first-order valence-corrected chi connectivity index (χ1v) is 7.18. The molecule has 0 bridgehead atoms. The second kappa shape index (κ2) is 6.32. The van der Waals surface area contributed by atoms with Gasteiger partial charge in [-0.05, 0) is 39.2 Å². The van der Waals surface area contributed by atoms with Gasteiger partial charge in [0, 0.05) is 18.5 Å². The van der Waals surface area contributed by atoms with E-state index in [1.807, 2.05) is 0 Å². The predicted molar refractivity (Wildman–Crippen MR) is 70.3 cm³/mol. The lowest BCUT2D eigenvalue weighted by molar-refractivity contribution is -0.124. The Hall–Kier alpha value is -0.900. The molecule has 1 amide bonds. The highest BCUT2D eigenvalue weighted by molar-refractivity contribution is 5.79. The monoisotopic (exact) mass is 252 g/mol. The molecule has 18 heavy (non-hydrogen) atoms. The molecule has 0 spiro atoms. The molecule has 1 unspecified atom stereocenters. The average molecular weight is 252 g/mol. The minimum Gasteiger partial charge on any atom is -0.352 e. The van der Waals surface area contributed by atoms with Gasteiger partial charge in [0.15, 0.2) is 0 Å². The van der Waals surface area contributed by atoms with Gasteiger partial charge in [0.05, 0.1) is 6.54 Å². The summed E-state index contributed by atoms with van der Waals surface area (Å²) in [7, 11) is 0. The zero-order valence-corrected chi connectivity index (χ0v) is 11.3. The standard InChI is InChI=1S/C14H24N2O2/c1-11(17)9-13-7-4-8-16(13)10-14(18)15-12-5-2-3-6-12/h12-13H,2-10H2,1H3,(H,15,18). The van der Waals surface area contributed by atoms with E-state index in [2.05, 4.69) is 10.2 Å². The van der Waals surface area contributed by atoms with Crippen LogP contribution in [-0.2, 0) is 9.59 Å². The van der Waals surface area contributed by atoms with Gasteiger partial charge in [-0.3, -0.25) is 14.5 Å². The van der Waals surface area contributed by atoms with Crippen molar-refractivity contribution in [3.05, 3.63) is 0 Å². The van der Waals surface area contributed by atoms with Crippen LogP contribution in [0.2, 0.25) is 0 Å². The van der Waals surface area contributed by atoms with Crippen molar-refractivity contribution in [2.75, 3.05) is 13.1 Å². The van der Waals surface area contributed by atoms with Crippen molar-refractivity contribution in [1.29, 1.82) is 0 Å². The minimum atomic E-state index is 0.136. The molecule has 102 valence electrons. The summed E-state index contributed by atoms with van der Waals surface area (Å²) in [5.41, 5.74) is 0. The zero-order chi connectivity index (χ0) is 13.0. The maximum atomic E-state index is 11.9. The molecule has 4 heteroatoms. The van der Waals surface area contributed by atoms with Crippen molar-refractivity contribution >= 4 is 11.7 Å². The quantitative estimate of drug-likeness (QED) is 0.806. The number of carbonyl (C=O) groups is 2. The van der Waals surface area contributed by atoms with Crippen LogP contribution >= 0.6 is 0 Å². The van der Waals surface area contributed by atoms with E-state index >= 15 is 0 Å². The number of nitrogens with zero attached hydrogens (tertiary/aromatic N) is 1. The van der Waals surface area contributed by atoms with Crippen molar-refractivity contribution in [3.63, 3.8) is 0 Å². The van der Waals surface area contributed by atoms with E-state index < -0.39 is 0 Å². The van der Waals surface area contributed by atoms with Crippen LogP contribution in [0.1, 0.15) is 51.9 Å². The number of amides is 1. The summed E-state index contributed by atoms with van der Waals surface area (Å²) in [5, 5.41) is 3.11. The van der Waals surface area contributed by atoms with Crippen LogP contribution in [0.5, 0.6) is 0 Å². The molecule has 1 saturated heterocycles. The van der Waals surface area contributed by atoms with E-state index in [0.29, 0.717) is 19.0 Å². The van der Waals surface area contributed by atoms with Crippen LogP contribution in [0, 0.1) is 0 Å². The number of nitrogens with one attached hydrogen (secondary N) is 1. The second-order valence-corrected chi connectivity index (χ2v) is 5.72. The van der Waals surface area contributed by atoms with Gasteiger partial charge in [0.2, 0.25) is 5.91 Å². The molecule has 2 aliphatic rings. The van der Waals surface area contributed by atoms with Crippen molar-refractivity contribution in [1.82, 2.24) is 10.2 Å². The topological polar surface area (TPSA) is 49.4 Å². The molecule has 1 N–H and O–H groups in total. The highest BCUT2D eigenvalue weighted by Crippen LogP contribution is 2.21. The highest BCUT2D eigenvalue weighted by atomic mass is 16.2. The number of hydrogen-bond donors (Lipinski definition) is 1. The van der Waals surface area contributed by atoms with Gasteiger partial charge in [-0.25, -0.2) is 0 Å². The predicted octanol–water partition coefficient (Wildman–Crippen LogP) is 1.49. The Morgan fingerprint density at radius 2 is 1.89 bits per heavy atom. The van der Waals surface area contributed by atoms with Crippen molar-refractivity contribution < 1.29 is 9.59 Å². The van der Waals surface area contributed by atoms with Gasteiger partial charge >= 0.3 is 0 Å². The Morgan fingerprint density at radius 1 is 1.17 bits per heavy atom. The van der Waals surface area contributed by atoms with E-state index in [1.54, 1.807) is 6.92 Å². The molecule has 0 aromatic carbocycles. The van der Waals surface area contributed by atoms with Crippen LogP contribution in [0.3, 0.4) is 0 Å². The SMILES string of the molecule is CC(=O)CC1CCCN1CC(=O)NC1CCCC1. The third-order valence-electron chi connectivity index (χ3n) is 4.09. The molecule has 1 atom stereocenters. The Balaban J connectivity index is 1.76. The van der Waals surface area contributed by atoms with E-state index in [4.69, 9.17) is 0 Å². The van der Waals surface area contributed by atoms with Gasteiger partial charge in [-0.1, -0.05) is 12.8 Å². The maximum Gasteiger partial charge on any atom is 0.234 e. The summed E-state index contributed by atoms with van der Waals surface area (Å²) < 4.78 is 0. The molecule has 1 aliphatic heterocycles. The number of rotatable bonds is 5. The minimum absolute atomic E-state index is 0.136. The summed E-state index contributed by atoms with van der Waals surface area (Å²) in [6, 6.07) is 0.684. The molecule has 1 aliphatic carbocycles. The summed E-state index contributed by atoms with van der Waals surface area (Å²) in [4.78, 5) is 25.3. The lowest BCUT2D eigenvalue weighted by atomic mass is 10.1. The van der Waals surface area contributed by atoms with Crippen molar-refractivity contribution in [2.24, 2.45) is 0 Å². The van der Waals surface area contributed by atoms with Gasteiger partial charge in [0.1, 0.15) is 5.78 Å². The second-order valence-electron chi connectivity index (χ2n) is 5.72. The third-order valence-corrected chi connectivity index (χ3v) is 4.09. The molecular weight excluding hydrogens is 228 g/mol. The number of hydrogen-bond acceptors (Lipinski definition) is 3.